The van der Waals surface area contributed by atoms with Gasteiger partial charge in [-0.2, -0.15) is 0 Å². The largest absolute Gasteiger partial charge is 0.497 e. The van der Waals surface area contributed by atoms with E-state index in [0.717, 1.165) is 22.2 Å². The first-order valence-electron chi connectivity index (χ1n) is 7.25. The molecule has 122 valence electrons. The van der Waals surface area contributed by atoms with Gasteiger partial charge in [0.15, 0.2) is 0 Å². The van der Waals surface area contributed by atoms with Crippen molar-refractivity contribution in [2.24, 2.45) is 0 Å². The van der Waals surface area contributed by atoms with E-state index in [0.29, 0.717) is 33.4 Å². The molecule has 3 rings (SSSR count). The number of nitrogens with two attached hydrogens (primary N) is 1. The molecule has 1 aromatic carbocycles. The van der Waals surface area contributed by atoms with E-state index < -0.39 is 0 Å². The maximum absolute atomic E-state index is 6.54. The standard InChI is InChI=1S/C18H17ClN4O/c1-9(15-10(2)21-8-22-18(15)20)17-16(19)13-6-5-12(11(3)24-4)7-14(13)23-17/h5-8,23H,1,3H2,2,4H3,(H2,20,21,22). The van der Waals surface area contributed by atoms with Crippen LogP contribution in [0.1, 0.15) is 22.5 Å². The summed E-state index contributed by atoms with van der Waals surface area (Å²) in [5, 5.41) is 1.46. The lowest BCUT2D eigenvalue weighted by Crippen LogP contribution is -2.02. The predicted octanol–water partition coefficient (Wildman–Crippen LogP) is 4.18. The summed E-state index contributed by atoms with van der Waals surface area (Å²) in [4.78, 5) is 11.5. The fraction of sp³-hybridized carbons (Fsp3) is 0.111. The highest BCUT2D eigenvalue weighted by molar-refractivity contribution is 6.37. The zero-order valence-electron chi connectivity index (χ0n) is 13.5. The molecule has 5 nitrogen and oxygen atoms in total. The number of hydrogen-bond acceptors (Lipinski definition) is 4. The fourth-order valence-electron chi connectivity index (χ4n) is 2.65. The van der Waals surface area contributed by atoms with Gasteiger partial charge in [-0.15, -0.1) is 0 Å². The molecule has 0 saturated heterocycles. The number of nitrogens with one attached hydrogen (secondary N) is 1. The highest BCUT2D eigenvalue weighted by atomic mass is 35.5. The minimum atomic E-state index is 0.371. The Hall–Kier alpha value is -2.79. The summed E-state index contributed by atoms with van der Waals surface area (Å²) in [6.45, 7) is 9.85. The Morgan fingerprint density at radius 2 is 2.04 bits per heavy atom. The number of halogens is 1. The Morgan fingerprint density at radius 3 is 2.71 bits per heavy atom. The van der Waals surface area contributed by atoms with Crippen LogP contribution >= 0.6 is 11.6 Å². The molecule has 0 aliphatic carbocycles. The van der Waals surface area contributed by atoms with Crippen molar-refractivity contribution >= 4 is 39.7 Å². The third-order valence-electron chi connectivity index (χ3n) is 3.97. The van der Waals surface area contributed by atoms with Gasteiger partial charge in [-0.25, -0.2) is 9.97 Å². The molecule has 0 unspecified atom stereocenters. The van der Waals surface area contributed by atoms with Crippen molar-refractivity contribution < 1.29 is 4.74 Å². The Kier molecular flexibility index (Phi) is 4.03. The van der Waals surface area contributed by atoms with E-state index in [2.05, 4.69) is 28.1 Å². The zero-order chi connectivity index (χ0) is 17.4. The first-order valence-corrected chi connectivity index (χ1v) is 7.63. The van der Waals surface area contributed by atoms with Gasteiger partial charge in [-0.3, -0.25) is 0 Å². The minimum Gasteiger partial charge on any atom is -0.497 e. The molecule has 0 atom stereocenters. The van der Waals surface area contributed by atoms with Gasteiger partial charge in [-0.1, -0.05) is 36.9 Å². The highest BCUT2D eigenvalue weighted by Crippen LogP contribution is 2.36. The topological polar surface area (TPSA) is 76.8 Å². The Bertz CT molecular complexity index is 954. The second kappa shape index (κ2) is 6.02. The van der Waals surface area contributed by atoms with Crippen LogP contribution in [0, 0.1) is 6.92 Å². The average molecular weight is 341 g/mol. The third kappa shape index (κ3) is 2.53. The van der Waals surface area contributed by atoms with Crippen molar-refractivity contribution in [2.45, 2.75) is 6.92 Å². The van der Waals surface area contributed by atoms with Crippen LogP contribution in [0.25, 0.3) is 22.2 Å². The number of aryl methyl sites for hydroxylation is 1. The molecule has 0 amide bonds. The molecule has 0 aliphatic rings. The molecule has 0 radical (unpaired) electrons. The van der Waals surface area contributed by atoms with Gasteiger partial charge in [0.05, 0.1) is 23.5 Å². The van der Waals surface area contributed by atoms with Crippen molar-refractivity contribution in [1.82, 2.24) is 15.0 Å². The second-order valence-electron chi connectivity index (χ2n) is 5.40. The number of methoxy groups -OCH3 is 1. The van der Waals surface area contributed by atoms with Gasteiger partial charge in [0.25, 0.3) is 0 Å². The quantitative estimate of drug-likeness (QED) is 0.698. The van der Waals surface area contributed by atoms with Gasteiger partial charge in [0, 0.05) is 27.6 Å². The zero-order valence-corrected chi connectivity index (χ0v) is 14.2. The predicted molar refractivity (Wildman–Crippen MR) is 98.7 cm³/mol. The van der Waals surface area contributed by atoms with E-state index in [1.165, 1.54) is 6.33 Å². The number of anilines is 1. The summed E-state index contributed by atoms with van der Waals surface area (Å²) in [6.07, 6.45) is 1.43. The van der Waals surface area contributed by atoms with E-state index in [1.54, 1.807) is 7.11 Å². The molecule has 0 fully saturated rings. The molecule has 3 N–H and O–H groups in total. The van der Waals surface area contributed by atoms with Crippen LogP contribution in [0.3, 0.4) is 0 Å². The highest BCUT2D eigenvalue weighted by Gasteiger charge is 2.18. The van der Waals surface area contributed by atoms with Crippen LogP contribution in [0.2, 0.25) is 5.02 Å². The molecule has 0 bridgehead atoms. The maximum atomic E-state index is 6.54. The summed E-state index contributed by atoms with van der Waals surface area (Å²) in [5.41, 5.74) is 10.5. The van der Waals surface area contributed by atoms with Crippen LogP contribution in [-0.4, -0.2) is 22.1 Å². The summed E-state index contributed by atoms with van der Waals surface area (Å²) in [7, 11) is 1.59. The third-order valence-corrected chi connectivity index (χ3v) is 4.37. The van der Waals surface area contributed by atoms with Crippen molar-refractivity contribution in [3.63, 3.8) is 0 Å². The van der Waals surface area contributed by atoms with E-state index in [9.17, 15) is 0 Å². The van der Waals surface area contributed by atoms with E-state index in [-0.39, 0.29) is 0 Å². The minimum absolute atomic E-state index is 0.371. The van der Waals surface area contributed by atoms with Gasteiger partial charge in [0.2, 0.25) is 0 Å². The summed E-state index contributed by atoms with van der Waals surface area (Å²) in [6, 6.07) is 5.76. The van der Waals surface area contributed by atoms with Gasteiger partial charge in [0.1, 0.15) is 17.9 Å². The van der Waals surface area contributed by atoms with Crippen molar-refractivity contribution in [3.8, 4) is 0 Å². The van der Waals surface area contributed by atoms with Crippen LogP contribution in [0.5, 0.6) is 0 Å². The number of aromatic nitrogens is 3. The lowest BCUT2D eigenvalue weighted by molar-refractivity contribution is 0.371. The lowest BCUT2D eigenvalue weighted by atomic mass is 10.0. The number of aromatic amines is 1. The number of hydrogen-bond donors (Lipinski definition) is 2. The second-order valence-corrected chi connectivity index (χ2v) is 5.78. The molecular weight excluding hydrogens is 324 g/mol. The van der Waals surface area contributed by atoms with Crippen molar-refractivity contribution in [1.29, 1.82) is 0 Å². The number of benzene rings is 1. The number of H-pyrrole nitrogens is 1. The van der Waals surface area contributed by atoms with Crippen molar-refractivity contribution in [2.75, 3.05) is 12.8 Å². The summed E-state index contributed by atoms with van der Waals surface area (Å²) < 4.78 is 5.18. The molecule has 2 heterocycles. The molecule has 0 spiro atoms. The number of nitrogen functional groups attached to an aromatic ring is 1. The Labute approximate surface area is 144 Å². The van der Waals surface area contributed by atoms with E-state index in [1.807, 2.05) is 25.1 Å². The van der Waals surface area contributed by atoms with Crippen molar-refractivity contribution in [3.05, 3.63) is 65.2 Å². The lowest BCUT2D eigenvalue weighted by Gasteiger charge is -2.09. The van der Waals surface area contributed by atoms with E-state index >= 15 is 0 Å². The molecule has 6 heteroatoms. The molecule has 0 saturated carbocycles. The van der Waals surface area contributed by atoms with Crippen LogP contribution < -0.4 is 5.73 Å². The summed E-state index contributed by atoms with van der Waals surface area (Å²) >= 11 is 6.54. The molecule has 0 aliphatic heterocycles. The molecule has 24 heavy (non-hydrogen) atoms. The SMILES string of the molecule is C=C(OC)c1ccc2c(Cl)c(C(=C)c3c(C)ncnc3N)[nH]c2c1. The number of ether oxygens (including phenoxy) is 1. The van der Waals surface area contributed by atoms with Gasteiger partial charge < -0.3 is 15.5 Å². The fourth-order valence-corrected chi connectivity index (χ4v) is 2.98. The van der Waals surface area contributed by atoms with Crippen LogP contribution in [-0.2, 0) is 4.74 Å². The van der Waals surface area contributed by atoms with Crippen LogP contribution in [0.15, 0.2) is 37.7 Å². The number of fused-ring (bicyclic) bond motifs is 1. The number of rotatable bonds is 4. The number of nitrogens with zero attached hydrogens (tertiary/aromatic N) is 2. The smallest absolute Gasteiger partial charge is 0.135 e. The maximum Gasteiger partial charge on any atom is 0.135 e. The van der Waals surface area contributed by atoms with Crippen LogP contribution in [0.4, 0.5) is 5.82 Å². The average Bonchev–Trinajstić information content (AvgIpc) is 2.90. The van der Waals surface area contributed by atoms with Gasteiger partial charge >= 0.3 is 0 Å². The summed E-state index contributed by atoms with van der Waals surface area (Å²) in [5.74, 6) is 0.954. The molecule has 2 aromatic heterocycles. The monoisotopic (exact) mass is 340 g/mol. The molecule has 3 aromatic rings. The van der Waals surface area contributed by atoms with Gasteiger partial charge in [-0.05, 0) is 13.0 Å². The first-order chi connectivity index (χ1) is 11.4. The normalized spacial score (nSPS) is 10.8. The Morgan fingerprint density at radius 1 is 1.29 bits per heavy atom. The van der Waals surface area contributed by atoms with E-state index in [4.69, 9.17) is 22.1 Å². The first kappa shape index (κ1) is 16.1. The molecular formula is C18H17ClN4O. The Balaban J connectivity index is 2.15.